The molecule has 0 radical (unpaired) electrons. The number of hydrogen-bond acceptors (Lipinski definition) is 3. The fourth-order valence-corrected chi connectivity index (χ4v) is 4.96. The molecule has 26 heavy (non-hydrogen) atoms. The normalized spacial score (nSPS) is 20.1. The molecule has 1 saturated heterocycles. The highest BCUT2D eigenvalue weighted by atomic mass is 32.2. The summed E-state index contributed by atoms with van der Waals surface area (Å²) in [6.07, 6.45) is 8.31. The van der Waals surface area contributed by atoms with Crippen molar-refractivity contribution < 1.29 is 13.2 Å². The lowest BCUT2D eigenvalue weighted by molar-refractivity contribution is -0.132. The van der Waals surface area contributed by atoms with E-state index in [1.807, 2.05) is 35.2 Å². The van der Waals surface area contributed by atoms with Gasteiger partial charge in [0.05, 0.1) is 0 Å². The highest BCUT2D eigenvalue weighted by molar-refractivity contribution is 7.92. The van der Waals surface area contributed by atoms with Crippen molar-refractivity contribution in [3.8, 4) is 0 Å². The second kappa shape index (κ2) is 8.82. The topological polar surface area (TPSA) is 57.7 Å². The van der Waals surface area contributed by atoms with Gasteiger partial charge in [-0.2, -0.15) is 4.31 Å². The van der Waals surface area contributed by atoms with Crippen molar-refractivity contribution in [1.29, 1.82) is 0 Å². The predicted octanol–water partition coefficient (Wildman–Crippen LogP) is 3.10. The molecular formula is C20H28N2O3S. The SMILES string of the molecule is O=C(CCC1CCCC1)N1CCN(S(=O)(=O)/C=C/c2ccccc2)CC1. The first kappa shape index (κ1) is 19.1. The van der Waals surface area contributed by atoms with Gasteiger partial charge in [-0.15, -0.1) is 0 Å². The van der Waals surface area contributed by atoms with Gasteiger partial charge in [-0.05, 0) is 24.0 Å². The average molecular weight is 377 g/mol. The van der Waals surface area contributed by atoms with Gasteiger partial charge >= 0.3 is 0 Å². The Hall–Kier alpha value is -1.66. The number of hydrogen-bond donors (Lipinski definition) is 0. The van der Waals surface area contributed by atoms with Gasteiger partial charge in [0.25, 0.3) is 0 Å². The molecule has 0 spiro atoms. The summed E-state index contributed by atoms with van der Waals surface area (Å²) in [5.74, 6) is 0.887. The smallest absolute Gasteiger partial charge is 0.236 e. The van der Waals surface area contributed by atoms with Gasteiger partial charge in [-0.3, -0.25) is 4.79 Å². The molecule has 6 heteroatoms. The zero-order valence-electron chi connectivity index (χ0n) is 15.2. The van der Waals surface area contributed by atoms with E-state index in [1.165, 1.54) is 35.4 Å². The van der Waals surface area contributed by atoms with Crippen LogP contribution in [0.2, 0.25) is 0 Å². The van der Waals surface area contributed by atoms with Crippen LogP contribution in [-0.2, 0) is 14.8 Å². The lowest BCUT2D eigenvalue weighted by atomic mass is 10.0. The molecule has 0 aromatic heterocycles. The zero-order chi connectivity index (χ0) is 18.4. The van der Waals surface area contributed by atoms with Crippen molar-refractivity contribution in [3.05, 3.63) is 41.3 Å². The van der Waals surface area contributed by atoms with E-state index in [0.29, 0.717) is 38.5 Å². The van der Waals surface area contributed by atoms with Crippen molar-refractivity contribution in [2.45, 2.75) is 38.5 Å². The van der Waals surface area contributed by atoms with Crippen LogP contribution in [0.1, 0.15) is 44.1 Å². The van der Waals surface area contributed by atoms with Gasteiger partial charge < -0.3 is 4.90 Å². The van der Waals surface area contributed by atoms with Crippen LogP contribution in [0.25, 0.3) is 6.08 Å². The standard InChI is InChI=1S/C20H28N2O3S/c23-20(11-10-18-8-4-5-9-18)21-13-15-22(16-14-21)26(24,25)17-12-19-6-2-1-3-7-19/h1-3,6-7,12,17-18H,4-5,8-11,13-16H2/b17-12+. The minimum absolute atomic E-state index is 0.175. The van der Waals surface area contributed by atoms with Gasteiger partial charge in [-0.1, -0.05) is 56.0 Å². The highest BCUT2D eigenvalue weighted by Gasteiger charge is 2.27. The number of carbonyl (C=O) groups is 1. The third-order valence-corrected chi connectivity index (χ3v) is 6.99. The maximum Gasteiger partial charge on any atom is 0.236 e. The highest BCUT2D eigenvalue weighted by Crippen LogP contribution is 2.28. The summed E-state index contributed by atoms with van der Waals surface area (Å²) < 4.78 is 26.4. The van der Waals surface area contributed by atoms with Crippen LogP contribution in [0.3, 0.4) is 0 Å². The van der Waals surface area contributed by atoms with Gasteiger partial charge in [0.2, 0.25) is 15.9 Å². The number of sulfonamides is 1. The third kappa shape index (κ3) is 5.17. The van der Waals surface area contributed by atoms with Crippen LogP contribution in [-0.4, -0.2) is 49.7 Å². The molecule has 0 N–H and O–H groups in total. The molecule has 1 aliphatic carbocycles. The predicted molar refractivity (Wildman–Crippen MR) is 104 cm³/mol. The van der Waals surface area contributed by atoms with Crippen LogP contribution < -0.4 is 0 Å². The molecule has 1 saturated carbocycles. The van der Waals surface area contributed by atoms with E-state index < -0.39 is 10.0 Å². The molecule has 1 aliphatic heterocycles. The molecule has 1 aromatic rings. The van der Waals surface area contributed by atoms with Crippen molar-refractivity contribution in [2.75, 3.05) is 26.2 Å². The zero-order valence-corrected chi connectivity index (χ0v) is 16.0. The molecule has 1 heterocycles. The van der Waals surface area contributed by atoms with Crippen LogP contribution in [0.5, 0.6) is 0 Å². The molecule has 0 atom stereocenters. The molecule has 0 bridgehead atoms. The monoisotopic (exact) mass is 376 g/mol. The number of carbonyl (C=O) groups excluding carboxylic acids is 1. The summed E-state index contributed by atoms with van der Waals surface area (Å²) in [5.41, 5.74) is 0.858. The first-order valence-corrected chi connectivity index (χ1v) is 11.1. The number of rotatable bonds is 6. The lowest BCUT2D eigenvalue weighted by Crippen LogP contribution is -2.50. The van der Waals surface area contributed by atoms with E-state index in [0.717, 1.165) is 12.0 Å². The lowest BCUT2D eigenvalue weighted by Gasteiger charge is -2.33. The van der Waals surface area contributed by atoms with Gasteiger partial charge in [0.1, 0.15) is 0 Å². The molecule has 1 aromatic carbocycles. The average Bonchev–Trinajstić information content (AvgIpc) is 3.19. The Labute approximate surface area is 156 Å². The van der Waals surface area contributed by atoms with Crippen LogP contribution in [0, 0.1) is 5.92 Å². The number of benzene rings is 1. The minimum atomic E-state index is -3.44. The Morgan fingerprint density at radius 1 is 1.04 bits per heavy atom. The molecule has 1 amide bonds. The molecule has 3 rings (SSSR count). The Morgan fingerprint density at radius 2 is 1.69 bits per heavy atom. The second-order valence-electron chi connectivity index (χ2n) is 7.23. The van der Waals surface area contributed by atoms with Crippen LogP contribution in [0.15, 0.2) is 35.7 Å². The summed E-state index contributed by atoms with van der Waals surface area (Å²) in [5, 5.41) is 1.26. The molecule has 0 unspecified atom stereocenters. The van der Waals surface area contributed by atoms with E-state index in [1.54, 1.807) is 6.08 Å². The molecule has 5 nitrogen and oxygen atoms in total. The maximum absolute atomic E-state index is 12.5. The van der Waals surface area contributed by atoms with Gasteiger partial charge in [0, 0.05) is 38.0 Å². The fourth-order valence-electron chi connectivity index (χ4n) is 3.79. The number of nitrogens with zero attached hydrogens (tertiary/aromatic N) is 2. The first-order chi connectivity index (χ1) is 12.5. The Kier molecular flexibility index (Phi) is 6.48. The van der Waals surface area contributed by atoms with E-state index in [-0.39, 0.29) is 5.91 Å². The third-order valence-electron chi connectivity index (χ3n) is 5.42. The molecule has 2 fully saturated rings. The van der Waals surface area contributed by atoms with Crippen molar-refractivity contribution in [1.82, 2.24) is 9.21 Å². The van der Waals surface area contributed by atoms with Crippen LogP contribution in [0.4, 0.5) is 0 Å². The first-order valence-electron chi connectivity index (χ1n) is 9.56. The number of piperazine rings is 1. The van der Waals surface area contributed by atoms with Crippen molar-refractivity contribution >= 4 is 22.0 Å². The van der Waals surface area contributed by atoms with E-state index in [4.69, 9.17) is 0 Å². The summed E-state index contributed by atoms with van der Waals surface area (Å²) in [6.45, 7) is 1.72. The Bertz CT molecular complexity index is 717. The van der Waals surface area contributed by atoms with Gasteiger partial charge in [0.15, 0.2) is 0 Å². The van der Waals surface area contributed by atoms with E-state index >= 15 is 0 Å². The van der Waals surface area contributed by atoms with E-state index in [9.17, 15) is 13.2 Å². The minimum Gasteiger partial charge on any atom is -0.340 e. The maximum atomic E-state index is 12.5. The molecule has 142 valence electrons. The Morgan fingerprint density at radius 3 is 2.35 bits per heavy atom. The van der Waals surface area contributed by atoms with Crippen molar-refractivity contribution in [3.63, 3.8) is 0 Å². The quantitative estimate of drug-likeness (QED) is 0.766. The largest absolute Gasteiger partial charge is 0.340 e. The summed E-state index contributed by atoms with van der Waals surface area (Å²) in [4.78, 5) is 14.2. The summed E-state index contributed by atoms with van der Waals surface area (Å²) >= 11 is 0. The second-order valence-corrected chi connectivity index (χ2v) is 9.05. The fraction of sp³-hybridized carbons (Fsp3) is 0.550. The van der Waals surface area contributed by atoms with Crippen LogP contribution >= 0.6 is 0 Å². The summed E-state index contributed by atoms with van der Waals surface area (Å²) in [6, 6.07) is 9.39. The number of amides is 1. The van der Waals surface area contributed by atoms with E-state index in [2.05, 4.69) is 0 Å². The summed E-state index contributed by atoms with van der Waals surface area (Å²) in [7, 11) is -3.44. The van der Waals surface area contributed by atoms with Gasteiger partial charge in [-0.25, -0.2) is 8.42 Å². The van der Waals surface area contributed by atoms with Crippen molar-refractivity contribution in [2.24, 2.45) is 5.92 Å². The molecular weight excluding hydrogens is 348 g/mol. The molecule has 2 aliphatic rings. The Balaban J connectivity index is 1.47.